The molecule has 172 valence electrons. The van der Waals surface area contributed by atoms with Crippen molar-refractivity contribution >= 4 is 46.7 Å². The topological polar surface area (TPSA) is 81.3 Å². The second-order valence-electron chi connectivity index (χ2n) is 7.59. The first-order valence-corrected chi connectivity index (χ1v) is 10.6. The van der Waals surface area contributed by atoms with E-state index in [-0.39, 0.29) is 41.7 Å². The number of nitrogens with zero attached hydrogens (tertiary/aromatic N) is 1. The molecule has 0 radical (unpaired) electrons. The monoisotopic (exact) mass is 551 g/mol. The molecule has 1 heterocycles. The number of hydrogen-bond donors (Lipinski definition) is 4. The van der Waals surface area contributed by atoms with Crippen LogP contribution in [0.4, 0.5) is 4.39 Å². The number of carbonyl (C=O) groups excluding carboxylic acids is 1. The van der Waals surface area contributed by atoms with Crippen LogP contribution >= 0.6 is 24.0 Å². The molecule has 1 atom stereocenters. The molecule has 3 rings (SSSR count). The molecule has 6 nitrogen and oxygen atoms in total. The van der Waals surface area contributed by atoms with Crippen LogP contribution in [0.3, 0.4) is 0 Å². The van der Waals surface area contributed by atoms with Crippen LogP contribution in [0.25, 0.3) is 10.9 Å². The van der Waals surface area contributed by atoms with E-state index in [9.17, 15) is 9.18 Å². The van der Waals surface area contributed by atoms with E-state index in [4.69, 9.17) is 0 Å². The van der Waals surface area contributed by atoms with Gasteiger partial charge in [0.2, 0.25) is 0 Å². The number of aromatic nitrogens is 1. The molecule has 32 heavy (non-hydrogen) atoms. The molecule has 0 spiro atoms. The number of amides is 1. The fraction of sp³-hybridized carbons (Fsp3) is 0.333. The zero-order valence-electron chi connectivity index (χ0n) is 18.7. The number of nitrogens with one attached hydrogen (secondary N) is 4. The molecule has 1 unspecified atom stereocenters. The lowest BCUT2D eigenvalue weighted by Crippen LogP contribution is -2.38. The van der Waals surface area contributed by atoms with Gasteiger partial charge in [-0.3, -0.25) is 9.79 Å². The van der Waals surface area contributed by atoms with Crippen molar-refractivity contribution in [2.45, 2.75) is 39.3 Å². The number of hydrogen-bond acceptors (Lipinski definition) is 2. The van der Waals surface area contributed by atoms with Crippen LogP contribution in [0.1, 0.15) is 41.8 Å². The van der Waals surface area contributed by atoms with Gasteiger partial charge in [-0.25, -0.2) is 4.39 Å². The summed E-state index contributed by atoms with van der Waals surface area (Å²) < 4.78 is 13.5. The first-order valence-electron chi connectivity index (χ1n) is 10.6. The highest BCUT2D eigenvalue weighted by Crippen LogP contribution is 2.19. The van der Waals surface area contributed by atoms with E-state index in [1.54, 1.807) is 19.2 Å². The van der Waals surface area contributed by atoms with Crippen molar-refractivity contribution < 1.29 is 9.18 Å². The fourth-order valence-electron chi connectivity index (χ4n) is 3.31. The van der Waals surface area contributed by atoms with Crippen molar-refractivity contribution in [3.8, 4) is 0 Å². The Kier molecular flexibility index (Phi) is 9.96. The number of aliphatic imine (C=N–C) groups is 1. The van der Waals surface area contributed by atoms with Gasteiger partial charge >= 0.3 is 0 Å². The predicted octanol–water partition coefficient (Wildman–Crippen LogP) is 4.36. The molecule has 0 saturated heterocycles. The van der Waals surface area contributed by atoms with Crippen molar-refractivity contribution in [2.75, 3.05) is 13.6 Å². The fourth-order valence-corrected chi connectivity index (χ4v) is 3.31. The quantitative estimate of drug-likeness (QED) is 0.191. The lowest BCUT2D eigenvalue weighted by molar-refractivity contribution is 0.0939. The van der Waals surface area contributed by atoms with Crippen LogP contribution < -0.4 is 16.0 Å². The Balaban J connectivity index is 0.00000363. The molecule has 0 fully saturated rings. The van der Waals surface area contributed by atoms with E-state index in [1.165, 1.54) is 6.07 Å². The molecule has 4 N–H and O–H groups in total. The number of guanidine groups is 1. The molecule has 1 amide bonds. The summed E-state index contributed by atoms with van der Waals surface area (Å²) in [5.41, 5.74) is 3.62. The number of fused-ring (bicyclic) bond motifs is 1. The molecular formula is C24H31FIN5O. The third-order valence-electron chi connectivity index (χ3n) is 5.28. The molecule has 8 heteroatoms. The lowest BCUT2D eigenvalue weighted by atomic mass is 10.1. The summed E-state index contributed by atoms with van der Waals surface area (Å²) in [5, 5.41) is 10.4. The maximum atomic E-state index is 13.5. The summed E-state index contributed by atoms with van der Waals surface area (Å²) in [6.07, 6.45) is 3.54. The van der Waals surface area contributed by atoms with Crippen molar-refractivity contribution in [1.82, 2.24) is 20.9 Å². The van der Waals surface area contributed by atoms with Gasteiger partial charge in [0.1, 0.15) is 5.82 Å². The summed E-state index contributed by atoms with van der Waals surface area (Å²) in [7, 11) is 1.71. The van der Waals surface area contributed by atoms with Gasteiger partial charge in [-0.05, 0) is 61.2 Å². The molecule has 0 aliphatic heterocycles. The lowest BCUT2D eigenvalue weighted by Gasteiger charge is -2.14. The molecule has 0 aliphatic carbocycles. The maximum absolute atomic E-state index is 13.5. The standard InChI is InChI=1S/C24H30FN5O.HI/c1-4-16(2)30-23(31)18-7-5-6-17(12-18)14-29-24(26-3)27-11-10-19-15-28-22-9-8-20(25)13-21(19)22;/h5-9,12-13,15-16,28H,4,10-11,14H2,1-3H3,(H,30,31)(H2,26,27,29);1H. The van der Waals surface area contributed by atoms with Gasteiger partial charge in [0.05, 0.1) is 0 Å². The highest BCUT2D eigenvalue weighted by atomic mass is 127. The first kappa shape index (κ1) is 25.6. The molecular weight excluding hydrogens is 520 g/mol. The van der Waals surface area contributed by atoms with Crippen LogP contribution in [0, 0.1) is 5.82 Å². The van der Waals surface area contributed by atoms with Crippen LogP contribution in [-0.2, 0) is 13.0 Å². The molecule has 2 aromatic carbocycles. The summed E-state index contributed by atoms with van der Waals surface area (Å²) in [6.45, 7) is 5.23. The number of H-pyrrole nitrogens is 1. The van der Waals surface area contributed by atoms with Crippen molar-refractivity contribution in [3.05, 3.63) is 71.2 Å². The Morgan fingerprint density at radius 3 is 2.75 bits per heavy atom. The normalized spacial score (nSPS) is 12.2. The van der Waals surface area contributed by atoms with Crippen LogP contribution in [0.5, 0.6) is 0 Å². The largest absolute Gasteiger partial charge is 0.361 e. The second-order valence-corrected chi connectivity index (χ2v) is 7.59. The SMILES string of the molecule is CCC(C)NC(=O)c1cccc(CNC(=NC)NCCc2c[nH]c3ccc(F)cc23)c1.I. The second kappa shape index (κ2) is 12.4. The minimum Gasteiger partial charge on any atom is -0.361 e. The zero-order chi connectivity index (χ0) is 22.2. The van der Waals surface area contributed by atoms with Crippen molar-refractivity contribution in [2.24, 2.45) is 4.99 Å². The third-order valence-corrected chi connectivity index (χ3v) is 5.28. The van der Waals surface area contributed by atoms with Crippen LogP contribution in [0.2, 0.25) is 0 Å². The smallest absolute Gasteiger partial charge is 0.251 e. The van der Waals surface area contributed by atoms with Gasteiger partial charge in [-0.1, -0.05) is 19.1 Å². The average molecular weight is 551 g/mol. The summed E-state index contributed by atoms with van der Waals surface area (Å²) in [6, 6.07) is 12.5. The van der Waals surface area contributed by atoms with Crippen molar-refractivity contribution in [1.29, 1.82) is 0 Å². The molecule has 0 aliphatic rings. The number of aromatic amines is 1. The maximum Gasteiger partial charge on any atom is 0.251 e. The Morgan fingerprint density at radius 1 is 1.19 bits per heavy atom. The van der Waals surface area contributed by atoms with Gasteiger partial charge in [0.15, 0.2) is 5.96 Å². The van der Waals surface area contributed by atoms with Gasteiger partial charge in [0, 0.05) is 48.8 Å². The summed E-state index contributed by atoms with van der Waals surface area (Å²) >= 11 is 0. The van der Waals surface area contributed by atoms with E-state index in [1.807, 2.05) is 44.3 Å². The summed E-state index contributed by atoms with van der Waals surface area (Å²) in [5.74, 6) is 0.369. The molecule has 0 saturated carbocycles. The molecule has 1 aromatic heterocycles. The number of benzene rings is 2. The van der Waals surface area contributed by atoms with Crippen molar-refractivity contribution in [3.63, 3.8) is 0 Å². The van der Waals surface area contributed by atoms with Gasteiger partial charge in [0.25, 0.3) is 5.91 Å². The number of halogens is 2. The van der Waals surface area contributed by atoms with E-state index in [0.717, 1.165) is 34.9 Å². The average Bonchev–Trinajstić information content (AvgIpc) is 3.18. The van der Waals surface area contributed by atoms with E-state index < -0.39 is 0 Å². The van der Waals surface area contributed by atoms with Gasteiger partial charge in [-0.2, -0.15) is 0 Å². The molecule has 3 aromatic rings. The number of rotatable bonds is 8. The third kappa shape index (κ3) is 6.94. The molecule has 0 bridgehead atoms. The number of carbonyl (C=O) groups is 1. The highest BCUT2D eigenvalue weighted by molar-refractivity contribution is 14.0. The van der Waals surface area contributed by atoms with E-state index in [0.29, 0.717) is 24.6 Å². The van der Waals surface area contributed by atoms with E-state index in [2.05, 4.69) is 25.9 Å². The Hall–Kier alpha value is -2.62. The minimum atomic E-state index is -0.237. The summed E-state index contributed by atoms with van der Waals surface area (Å²) in [4.78, 5) is 19.8. The Morgan fingerprint density at radius 2 is 2.00 bits per heavy atom. The predicted molar refractivity (Wildman–Crippen MR) is 139 cm³/mol. The Bertz CT molecular complexity index is 1070. The van der Waals surface area contributed by atoms with Gasteiger partial charge < -0.3 is 20.9 Å². The van der Waals surface area contributed by atoms with Crippen LogP contribution in [-0.4, -0.2) is 36.5 Å². The van der Waals surface area contributed by atoms with E-state index >= 15 is 0 Å². The Labute approximate surface area is 205 Å². The van der Waals surface area contributed by atoms with Crippen LogP contribution in [0.15, 0.2) is 53.7 Å². The zero-order valence-corrected chi connectivity index (χ0v) is 21.0. The minimum absolute atomic E-state index is 0. The van der Waals surface area contributed by atoms with Gasteiger partial charge in [-0.15, -0.1) is 24.0 Å². The highest BCUT2D eigenvalue weighted by Gasteiger charge is 2.09. The first-order chi connectivity index (χ1) is 15.0.